The SMILES string of the molecule is CC/C=C\C/C=C\C/C=C\C/C=C\C/C=C\C/C=C\C/C=C\C/C=C\C/C=C\C/C=C\C/C=C\CCCCCC(=O)OC(COC(=O)CCCCCCCCC/C=C\C/C=C\CCCCC)COP(=O)(O)OCCN. The van der Waals surface area contributed by atoms with Crippen LogP contribution in [-0.2, 0) is 32.7 Å². The number of carbonyl (C=O) groups is 2. The summed E-state index contributed by atoms with van der Waals surface area (Å²) in [4.78, 5) is 35.1. The van der Waals surface area contributed by atoms with Crippen LogP contribution in [0.5, 0.6) is 0 Å². The van der Waals surface area contributed by atoms with E-state index < -0.39 is 32.5 Å². The number of allylic oxidation sites excluding steroid dienone is 26. The number of phosphoric acid groups is 1. The van der Waals surface area contributed by atoms with Gasteiger partial charge < -0.3 is 20.1 Å². The van der Waals surface area contributed by atoms with Gasteiger partial charge in [-0.1, -0.05) is 223 Å². The van der Waals surface area contributed by atoms with E-state index in [0.717, 1.165) is 122 Å². The minimum atomic E-state index is -4.41. The van der Waals surface area contributed by atoms with Crippen molar-refractivity contribution in [2.75, 3.05) is 26.4 Å². The molecule has 0 saturated heterocycles. The number of phosphoric ester groups is 1. The van der Waals surface area contributed by atoms with Crippen LogP contribution >= 0.6 is 7.82 Å². The van der Waals surface area contributed by atoms with E-state index in [1.54, 1.807) is 0 Å². The molecule has 0 aliphatic rings. The van der Waals surface area contributed by atoms with Gasteiger partial charge in [-0.3, -0.25) is 18.6 Å². The van der Waals surface area contributed by atoms with Crippen molar-refractivity contribution in [1.82, 2.24) is 0 Å². The van der Waals surface area contributed by atoms with Crippen LogP contribution in [0.3, 0.4) is 0 Å². The van der Waals surface area contributed by atoms with Crippen LogP contribution in [-0.4, -0.2) is 49.3 Å². The molecule has 10 heteroatoms. The number of ether oxygens (including phenoxy) is 2. The standard InChI is InChI=1S/C65H104NO8P/c1-3-5-7-9-11-13-15-17-19-21-22-23-24-25-26-27-28-29-30-31-32-33-34-35-36-37-38-39-40-42-44-46-48-50-52-54-56-58-65(68)74-63(62-73-75(69,70)72-60-59-66)61-71-64(67)57-55-53-51-49-47-45-43-41-20-18-16-14-12-10-8-6-4-2/h5,7,11-14,17-20,22-23,25-26,28-29,31-32,34-35,37-38,40,42,46,48,63H,3-4,6,8-10,15-16,21,24,27,30,33,36,39,41,43-45,47,49-62,66H2,1-2H3,(H,69,70)/b7-5-,13-11-,14-12-,19-17-,20-18-,23-22-,26-25-,29-28-,32-31-,35-34-,38-37-,42-40-,48-46-. The lowest BCUT2D eigenvalue weighted by Gasteiger charge is -2.19. The summed E-state index contributed by atoms with van der Waals surface area (Å²) in [5.74, 6) is -0.888. The number of hydrogen-bond acceptors (Lipinski definition) is 8. The Bertz CT molecular complexity index is 1780. The Morgan fingerprint density at radius 3 is 1.11 bits per heavy atom. The molecule has 75 heavy (non-hydrogen) atoms. The summed E-state index contributed by atoms with van der Waals surface area (Å²) in [7, 11) is -4.41. The van der Waals surface area contributed by atoms with E-state index in [0.29, 0.717) is 12.8 Å². The summed E-state index contributed by atoms with van der Waals surface area (Å²) >= 11 is 0. The van der Waals surface area contributed by atoms with E-state index in [1.165, 1.54) is 44.9 Å². The fourth-order valence-corrected chi connectivity index (χ4v) is 7.90. The summed E-state index contributed by atoms with van der Waals surface area (Å²) in [5.41, 5.74) is 5.37. The second-order valence-corrected chi connectivity index (χ2v) is 19.9. The molecule has 0 aliphatic heterocycles. The van der Waals surface area contributed by atoms with Gasteiger partial charge in [-0.15, -0.1) is 0 Å². The van der Waals surface area contributed by atoms with Crippen molar-refractivity contribution in [3.8, 4) is 0 Å². The zero-order chi connectivity index (χ0) is 54.5. The number of nitrogens with two attached hydrogens (primary N) is 1. The van der Waals surface area contributed by atoms with Crippen molar-refractivity contribution in [3.05, 3.63) is 158 Å². The zero-order valence-electron chi connectivity index (χ0n) is 47.0. The molecule has 2 atom stereocenters. The predicted octanol–water partition coefficient (Wildman–Crippen LogP) is 18.5. The van der Waals surface area contributed by atoms with Crippen molar-refractivity contribution in [2.45, 2.75) is 213 Å². The summed E-state index contributed by atoms with van der Waals surface area (Å²) in [5, 5.41) is 0. The average molecular weight is 1060 g/mol. The normalized spacial score (nSPS) is 14.2. The maximum Gasteiger partial charge on any atom is 0.472 e. The first-order valence-electron chi connectivity index (χ1n) is 29.0. The van der Waals surface area contributed by atoms with Gasteiger partial charge in [0.2, 0.25) is 0 Å². The van der Waals surface area contributed by atoms with Crippen LogP contribution in [0.1, 0.15) is 206 Å². The van der Waals surface area contributed by atoms with Gasteiger partial charge in [-0.2, -0.15) is 0 Å². The molecule has 9 nitrogen and oxygen atoms in total. The molecule has 0 saturated carbocycles. The number of unbranched alkanes of at least 4 members (excludes halogenated alkanes) is 13. The molecule has 3 N–H and O–H groups in total. The lowest BCUT2D eigenvalue weighted by molar-refractivity contribution is -0.161. The molecule has 0 aromatic rings. The Kier molecular flexibility index (Phi) is 55.5. The molecule has 0 aromatic heterocycles. The van der Waals surface area contributed by atoms with Gasteiger partial charge in [-0.05, 0) is 128 Å². The first kappa shape index (κ1) is 70.6. The molecule has 2 unspecified atom stereocenters. The average Bonchev–Trinajstić information content (AvgIpc) is 3.40. The molecular formula is C65H104NO8P. The zero-order valence-corrected chi connectivity index (χ0v) is 47.9. The molecule has 0 amide bonds. The summed E-state index contributed by atoms with van der Waals surface area (Å²) in [6.45, 7) is 3.53. The second-order valence-electron chi connectivity index (χ2n) is 18.4. The highest BCUT2D eigenvalue weighted by Crippen LogP contribution is 2.43. The van der Waals surface area contributed by atoms with Crippen LogP contribution in [0.15, 0.2) is 158 Å². The Morgan fingerprint density at radius 2 is 0.733 bits per heavy atom. The maximum atomic E-state index is 12.7. The van der Waals surface area contributed by atoms with Crippen LogP contribution in [0.2, 0.25) is 0 Å². The lowest BCUT2D eigenvalue weighted by atomic mass is 10.1. The van der Waals surface area contributed by atoms with Crippen LogP contribution < -0.4 is 5.73 Å². The van der Waals surface area contributed by atoms with Crippen molar-refractivity contribution in [3.63, 3.8) is 0 Å². The van der Waals surface area contributed by atoms with Crippen molar-refractivity contribution < 1.29 is 37.6 Å². The predicted molar refractivity (Wildman–Crippen MR) is 320 cm³/mol. The van der Waals surface area contributed by atoms with Gasteiger partial charge in [0.05, 0.1) is 13.2 Å². The van der Waals surface area contributed by atoms with Crippen LogP contribution in [0, 0.1) is 0 Å². The number of carbonyl (C=O) groups excluding carboxylic acids is 2. The van der Waals surface area contributed by atoms with Crippen molar-refractivity contribution >= 4 is 19.8 Å². The van der Waals surface area contributed by atoms with Gasteiger partial charge >= 0.3 is 19.8 Å². The molecule has 0 radical (unpaired) electrons. The minimum Gasteiger partial charge on any atom is -0.462 e. The van der Waals surface area contributed by atoms with E-state index >= 15 is 0 Å². The highest BCUT2D eigenvalue weighted by atomic mass is 31.2. The van der Waals surface area contributed by atoms with E-state index in [9.17, 15) is 19.0 Å². The molecule has 422 valence electrons. The van der Waals surface area contributed by atoms with Crippen LogP contribution in [0.4, 0.5) is 0 Å². The molecule has 0 rings (SSSR count). The van der Waals surface area contributed by atoms with Gasteiger partial charge in [0.15, 0.2) is 6.10 Å². The summed E-state index contributed by atoms with van der Waals surface area (Å²) in [6, 6.07) is 0. The first-order valence-corrected chi connectivity index (χ1v) is 30.5. The molecule has 0 aromatic carbocycles. The largest absolute Gasteiger partial charge is 0.472 e. The first-order chi connectivity index (χ1) is 36.8. The highest BCUT2D eigenvalue weighted by Gasteiger charge is 2.26. The lowest BCUT2D eigenvalue weighted by Crippen LogP contribution is -2.29. The third-order valence-corrected chi connectivity index (χ3v) is 12.4. The fourth-order valence-electron chi connectivity index (χ4n) is 7.14. The smallest absolute Gasteiger partial charge is 0.462 e. The minimum absolute atomic E-state index is 0.0378. The fraction of sp³-hybridized carbons (Fsp3) is 0.569. The third-order valence-electron chi connectivity index (χ3n) is 11.4. The van der Waals surface area contributed by atoms with Crippen molar-refractivity contribution in [2.24, 2.45) is 5.73 Å². The van der Waals surface area contributed by atoms with Gasteiger partial charge in [0, 0.05) is 19.4 Å². The molecule has 0 aliphatic carbocycles. The maximum absolute atomic E-state index is 12.7. The summed E-state index contributed by atoms with van der Waals surface area (Å²) in [6.07, 6.45) is 85.8. The quantitative estimate of drug-likeness (QED) is 0.0264. The number of esters is 2. The molecule has 0 bridgehead atoms. The monoisotopic (exact) mass is 1060 g/mol. The summed E-state index contributed by atoms with van der Waals surface area (Å²) < 4.78 is 32.9. The Morgan fingerprint density at radius 1 is 0.413 bits per heavy atom. The van der Waals surface area contributed by atoms with E-state index in [-0.39, 0.29) is 32.6 Å². The molecule has 0 fully saturated rings. The Hall–Kier alpha value is -4.37. The van der Waals surface area contributed by atoms with E-state index in [2.05, 4.69) is 172 Å². The van der Waals surface area contributed by atoms with Crippen molar-refractivity contribution in [1.29, 1.82) is 0 Å². The van der Waals surface area contributed by atoms with Gasteiger partial charge in [0.25, 0.3) is 0 Å². The molecular weight excluding hydrogens is 954 g/mol. The van der Waals surface area contributed by atoms with Crippen LogP contribution in [0.25, 0.3) is 0 Å². The topological polar surface area (TPSA) is 134 Å². The molecule has 0 heterocycles. The third kappa shape index (κ3) is 58.7. The second kappa shape index (κ2) is 58.9. The van der Waals surface area contributed by atoms with Gasteiger partial charge in [0.1, 0.15) is 6.61 Å². The van der Waals surface area contributed by atoms with E-state index in [4.69, 9.17) is 24.3 Å². The number of rotatable bonds is 52. The highest BCUT2D eigenvalue weighted by molar-refractivity contribution is 7.47. The molecule has 0 spiro atoms. The Labute approximate surface area is 458 Å². The number of hydrogen-bond donors (Lipinski definition) is 2. The van der Waals surface area contributed by atoms with E-state index in [1.807, 2.05) is 0 Å². The Balaban J connectivity index is 4.12. The van der Waals surface area contributed by atoms with Gasteiger partial charge in [-0.25, -0.2) is 4.57 Å².